The van der Waals surface area contributed by atoms with Crippen molar-refractivity contribution in [3.05, 3.63) is 97.2 Å². The number of allylic oxidation sites excluding steroid dienone is 16. The van der Waals surface area contributed by atoms with Gasteiger partial charge in [0.2, 0.25) is 0 Å². The van der Waals surface area contributed by atoms with Crippen LogP contribution < -0.4 is 0 Å². The van der Waals surface area contributed by atoms with Crippen LogP contribution in [0.4, 0.5) is 0 Å². The summed E-state index contributed by atoms with van der Waals surface area (Å²) in [5.41, 5.74) is 0. The summed E-state index contributed by atoms with van der Waals surface area (Å²) in [4.78, 5) is 37.7. The maximum Gasteiger partial charge on any atom is 0.306 e. The molecular weight excluding hydrogens is 697 g/mol. The molecular formula is C50H80O6. The van der Waals surface area contributed by atoms with Crippen molar-refractivity contribution in [2.24, 2.45) is 0 Å². The van der Waals surface area contributed by atoms with Gasteiger partial charge in [-0.25, -0.2) is 0 Å². The third-order valence-corrected chi connectivity index (χ3v) is 8.93. The summed E-state index contributed by atoms with van der Waals surface area (Å²) in [6, 6.07) is 0. The fourth-order valence-electron chi connectivity index (χ4n) is 5.62. The highest BCUT2D eigenvalue weighted by atomic mass is 16.6. The topological polar surface area (TPSA) is 78.9 Å². The Labute approximate surface area is 343 Å². The average molecular weight is 777 g/mol. The van der Waals surface area contributed by atoms with Crippen LogP contribution in [0.2, 0.25) is 0 Å². The van der Waals surface area contributed by atoms with E-state index in [2.05, 4.69) is 81.5 Å². The minimum Gasteiger partial charge on any atom is -0.462 e. The second-order valence-corrected chi connectivity index (χ2v) is 14.3. The Balaban J connectivity index is 4.50. The van der Waals surface area contributed by atoms with E-state index < -0.39 is 6.10 Å². The van der Waals surface area contributed by atoms with Crippen molar-refractivity contribution >= 4 is 17.9 Å². The number of carbonyl (C=O) groups is 3. The lowest BCUT2D eigenvalue weighted by Gasteiger charge is -2.18. The predicted molar refractivity (Wildman–Crippen MR) is 237 cm³/mol. The number of ether oxygens (including phenoxy) is 3. The predicted octanol–water partition coefficient (Wildman–Crippen LogP) is 14.2. The summed E-state index contributed by atoms with van der Waals surface area (Å²) < 4.78 is 16.6. The summed E-state index contributed by atoms with van der Waals surface area (Å²) in [6.07, 6.45) is 56.8. The number of rotatable bonds is 38. The smallest absolute Gasteiger partial charge is 0.306 e. The van der Waals surface area contributed by atoms with E-state index in [1.807, 2.05) is 36.5 Å². The van der Waals surface area contributed by atoms with Gasteiger partial charge in [-0.3, -0.25) is 14.4 Å². The van der Waals surface area contributed by atoms with Gasteiger partial charge in [-0.2, -0.15) is 0 Å². The van der Waals surface area contributed by atoms with Crippen LogP contribution in [0.5, 0.6) is 0 Å². The van der Waals surface area contributed by atoms with E-state index in [0.29, 0.717) is 19.3 Å². The van der Waals surface area contributed by atoms with Crippen molar-refractivity contribution in [2.45, 2.75) is 187 Å². The minimum absolute atomic E-state index is 0.105. The van der Waals surface area contributed by atoms with Crippen LogP contribution in [0.25, 0.3) is 0 Å². The first kappa shape index (κ1) is 52.3. The van der Waals surface area contributed by atoms with Gasteiger partial charge in [0.15, 0.2) is 6.10 Å². The molecule has 6 heteroatoms. The standard InChI is InChI=1S/C50H80O6/c1-4-7-10-13-16-19-21-23-24-25-27-28-31-34-37-40-43-49(52)55-46-47(45-54-48(51)42-39-36-33-30-18-15-12-9-6-3)56-50(53)44-41-38-35-32-29-26-22-20-17-14-11-8-5-2/h7-8,10-11,14,16-17,19-20,22-24,26-29,47H,4-6,9,12-13,15,18,21,25,30-46H2,1-3H3/b10-7-,11-8-,17-14-,19-16-,22-20-,24-23-,28-27-,29-26-. The summed E-state index contributed by atoms with van der Waals surface area (Å²) in [7, 11) is 0. The molecule has 0 aromatic heterocycles. The Kier molecular flexibility index (Phi) is 41.2. The molecule has 0 radical (unpaired) electrons. The highest BCUT2D eigenvalue weighted by Crippen LogP contribution is 2.12. The quantitative estimate of drug-likeness (QED) is 0.0204. The average Bonchev–Trinajstić information content (AvgIpc) is 3.19. The van der Waals surface area contributed by atoms with Crippen molar-refractivity contribution in [1.82, 2.24) is 0 Å². The Hall–Kier alpha value is -3.67. The van der Waals surface area contributed by atoms with Crippen molar-refractivity contribution in [3.8, 4) is 0 Å². The lowest BCUT2D eigenvalue weighted by atomic mass is 10.1. The third-order valence-electron chi connectivity index (χ3n) is 8.93. The summed E-state index contributed by atoms with van der Waals surface area (Å²) >= 11 is 0. The fourth-order valence-corrected chi connectivity index (χ4v) is 5.62. The monoisotopic (exact) mass is 777 g/mol. The van der Waals surface area contributed by atoms with Gasteiger partial charge in [0.05, 0.1) is 0 Å². The molecule has 0 bridgehead atoms. The highest BCUT2D eigenvalue weighted by molar-refractivity contribution is 5.71. The van der Waals surface area contributed by atoms with Crippen LogP contribution in [-0.4, -0.2) is 37.2 Å². The first-order chi connectivity index (χ1) is 27.5. The molecule has 1 unspecified atom stereocenters. The van der Waals surface area contributed by atoms with Gasteiger partial charge >= 0.3 is 17.9 Å². The number of hydrogen-bond donors (Lipinski definition) is 0. The Morgan fingerprint density at radius 2 is 0.786 bits per heavy atom. The fraction of sp³-hybridized carbons (Fsp3) is 0.620. The molecule has 0 fully saturated rings. The van der Waals surface area contributed by atoms with Gasteiger partial charge in [-0.15, -0.1) is 0 Å². The minimum atomic E-state index is -0.807. The van der Waals surface area contributed by atoms with E-state index in [1.165, 1.54) is 38.5 Å². The molecule has 316 valence electrons. The van der Waals surface area contributed by atoms with Gasteiger partial charge in [0, 0.05) is 19.3 Å². The highest BCUT2D eigenvalue weighted by Gasteiger charge is 2.19. The summed E-state index contributed by atoms with van der Waals surface area (Å²) in [5.74, 6) is -0.990. The molecule has 0 N–H and O–H groups in total. The zero-order valence-corrected chi connectivity index (χ0v) is 35.9. The van der Waals surface area contributed by atoms with Gasteiger partial charge in [0.25, 0.3) is 0 Å². The molecule has 0 aromatic rings. The molecule has 6 nitrogen and oxygen atoms in total. The van der Waals surface area contributed by atoms with Crippen LogP contribution in [0.15, 0.2) is 97.2 Å². The van der Waals surface area contributed by atoms with Crippen molar-refractivity contribution < 1.29 is 28.6 Å². The molecule has 0 aromatic carbocycles. The SMILES string of the molecule is CC\C=C/C=C\C=C/C=C\CCCCCC(=O)OC(COC(=O)CCCCC/C=C\C/C=C\C/C=C\C/C=C\CC)COC(=O)CCCCCCCCCCC. The largest absolute Gasteiger partial charge is 0.462 e. The lowest BCUT2D eigenvalue weighted by Crippen LogP contribution is -2.30. The Morgan fingerprint density at radius 1 is 0.393 bits per heavy atom. The van der Waals surface area contributed by atoms with Gasteiger partial charge in [-0.05, 0) is 77.0 Å². The molecule has 0 saturated carbocycles. The van der Waals surface area contributed by atoms with E-state index >= 15 is 0 Å². The Morgan fingerprint density at radius 3 is 1.30 bits per heavy atom. The zero-order chi connectivity index (χ0) is 40.8. The van der Waals surface area contributed by atoms with Crippen LogP contribution in [0, 0.1) is 0 Å². The molecule has 0 aliphatic rings. The van der Waals surface area contributed by atoms with Crippen molar-refractivity contribution in [1.29, 1.82) is 0 Å². The molecule has 0 spiro atoms. The van der Waals surface area contributed by atoms with E-state index in [-0.39, 0.29) is 37.5 Å². The molecule has 0 heterocycles. The van der Waals surface area contributed by atoms with Crippen LogP contribution in [0.1, 0.15) is 181 Å². The number of unbranched alkanes of at least 4 members (excludes halogenated alkanes) is 14. The van der Waals surface area contributed by atoms with Crippen LogP contribution >= 0.6 is 0 Å². The van der Waals surface area contributed by atoms with E-state index in [0.717, 1.165) is 96.3 Å². The molecule has 1 atom stereocenters. The Bertz CT molecular complexity index is 1170. The van der Waals surface area contributed by atoms with Gasteiger partial charge in [0.1, 0.15) is 13.2 Å². The normalized spacial score (nSPS) is 13.0. The number of carbonyl (C=O) groups excluding carboxylic acids is 3. The first-order valence-corrected chi connectivity index (χ1v) is 22.3. The van der Waals surface area contributed by atoms with E-state index in [9.17, 15) is 14.4 Å². The molecule has 0 saturated heterocycles. The second kappa shape index (κ2) is 44.0. The third kappa shape index (κ3) is 41.5. The molecule has 0 aliphatic carbocycles. The van der Waals surface area contributed by atoms with Crippen molar-refractivity contribution in [2.75, 3.05) is 13.2 Å². The molecule has 56 heavy (non-hydrogen) atoms. The molecule has 0 amide bonds. The first-order valence-electron chi connectivity index (χ1n) is 22.3. The maximum absolute atomic E-state index is 12.7. The van der Waals surface area contributed by atoms with Gasteiger partial charge in [-0.1, -0.05) is 182 Å². The summed E-state index contributed by atoms with van der Waals surface area (Å²) in [5, 5.41) is 0. The number of hydrogen-bond acceptors (Lipinski definition) is 6. The van der Waals surface area contributed by atoms with Crippen LogP contribution in [0.3, 0.4) is 0 Å². The maximum atomic E-state index is 12.7. The lowest BCUT2D eigenvalue weighted by molar-refractivity contribution is -0.167. The van der Waals surface area contributed by atoms with Gasteiger partial charge < -0.3 is 14.2 Å². The van der Waals surface area contributed by atoms with Crippen molar-refractivity contribution in [3.63, 3.8) is 0 Å². The summed E-state index contributed by atoms with van der Waals surface area (Å²) in [6.45, 7) is 6.27. The molecule has 0 rings (SSSR count). The second-order valence-electron chi connectivity index (χ2n) is 14.3. The zero-order valence-electron chi connectivity index (χ0n) is 35.9. The number of esters is 3. The van der Waals surface area contributed by atoms with E-state index in [1.54, 1.807) is 0 Å². The van der Waals surface area contributed by atoms with Crippen LogP contribution in [-0.2, 0) is 28.6 Å². The molecule has 0 aliphatic heterocycles. The van der Waals surface area contributed by atoms with E-state index in [4.69, 9.17) is 14.2 Å².